The van der Waals surface area contributed by atoms with Gasteiger partial charge in [-0.3, -0.25) is 0 Å². The van der Waals surface area contributed by atoms with Gasteiger partial charge in [0.25, 0.3) is 0 Å². The molecule has 0 bridgehead atoms. The molecular weight excluding hydrogens is 258 g/mol. The van der Waals surface area contributed by atoms with Crippen molar-refractivity contribution in [2.75, 3.05) is 13.6 Å². The summed E-state index contributed by atoms with van der Waals surface area (Å²) in [5.41, 5.74) is 2.54. The molecule has 0 spiro atoms. The van der Waals surface area contributed by atoms with E-state index in [1.807, 2.05) is 12.1 Å². The van der Waals surface area contributed by atoms with E-state index in [1.165, 1.54) is 30.4 Å². The highest BCUT2D eigenvalue weighted by molar-refractivity contribution is 5.38. The standard InChI is InChI=1S/C19H23NO/c1-20-13-6-5-12-18(20)19(15-8-3-2-4-9-15)16-10-7-11-17(21)14-16/h2-4,7-11,14,18-19,21H,5-6,12-13H2,1H3/t18-,19+/m1/s1. The van der Waals surface area contributed by atoms with E-state index in [0.717, 1.165) is 6.54 Å². The fourth-order valence-electron chi connectivity index (χ4n) is 3.54. The van der Waals surface area contributed by atoms with Crippen LogP contribution >= 0.6 is 0 Å². The molecule has 3 rings (SSSR count). The van der Waals surface area contributed by atoms with E-state index >= 15 is 0 Å². The Morgan fingerprint density at radius 1 is 1.00 bits per heavy atom. The lowest BCUT2D eigenvalue weighted by molar-refractivity contribution is 0.169. The maximum absolute atomic E-state index is 9.86. The second-order valence-electron chi connectivity index (χ2n) is 6.03. The number of benzene rings is 2. The van der Waals surface area contributed by atoms with Crippen molar-refractivity contribution in [3.8, 4) is 5.75 Å². The molecule has 2 atom stereocenters. The first-order valence-corrected chi connectivity index (χ1v) is 7.80. The van der Waals surface area contributed by atoms with Crippen molar-refractivity contribution in [1.29, 1.82) is 0 Å². The molecule has 0 aromatic heterocycles. The minimum absolute atomic E-state index is 0.323. The number of likely N-dealkylation sites (tertiary alicyclic amines) is 1. The maximum Gasteiger partial charge on any atom is 0.115 e. The summed E-state index contributed by atoms with van der Waals surface area (Å²) in [5.74, 6) is 0.676. The summed E-state index contributed by atoms with van der Waals surface area (Å²) in [6, 6.07) is 18.9. The maximum atomic E-state index is 9.86. The largest absolute Gasteiger partial charge is 0.508 e. The molecule has 0 aliphatic carbocycles. The van der Waals surface area contributed by atoms with Gasteiger partial charge in [0.05, 0.1) is 0 Å². The molecule has 1 N–H and O–H groups in total. The Balaban J connectivity index is 2.02. The van der Waals surface area contributed by atoms with Crippen molar-refractivity contribution in [2.45, 2.75) is 31.2 Å². The third kappa shape index (κ3) is 3.11. The van der Waals surface area contributed by atoms with Crippen LogP contribution in [0.4, 0.5) is 0 Å². The van der Waals surface area contributed by atoms with Crippen LogP contribution in [0.25, 0.3) is 0 Å². The predicted octanol–water partition coefficient (Wildman–Crippen LogP) is 4.01. The van der Waals surface area contributed by atoms with Gasteiger partial charge in [-0.1, -0.05) is 48.9 Å². The first kappa shape index (κ1) is 14.2. The van der Waals surface area contributed by atoms with Gasteiger partial charge in [0, 0.05) is 12.0 Å². The summed E-state index contributed by atoms with van der Waals surface area (Å²) < 4.78 is 0. The molecule has 0 amide bonds. The zero-order valence-corrected chi connectivity index (χ0v) is 12.6. The average molecular weight is 281 g/mol. The molecule has 2 nitrogen and oxygen atoms in total. The fraction of sp³-hybridized carbons (Fsp3) is 0.368. The summed E-state index contributed by atoms with van der Waals surface area (Å²) in [6.45, 7) is 1.16. The Bertz CT molecular complexity index is 581. The van der Waals surface area contributed by atoms with E-state index in [0.29, 0.717) is 17.7 Å². The number of piperidine rings is 1. The van der Waals surface area contributed by atoms with Gasteiger partial charge >= 0.3 is 0 Å². The van der Waals surface area contributed by atoms with E-state index in [1.54, 1.807) is 6.07 Å². The monoisotopic (exact) mass is 281 g/mol. The topological polar surface area (TPSA) is 23.5 Å². The molecule has 0 saturated carbocycles. The second kappa shape index (κ2) is 6.31. The van der Waals surface area contributed by atoms with Gasteiger partial charge in [0.2, 0.25) is 0 Å². The summed E-state index contributed by atoms with van der Waals surface area (Å²) in [5, 5.41) is 9.86. The van der Waals surface area contributed by atoms with E-state index < -0.39 is 0 Å². The highest BCUT2D eigenvalue weighted by Gasteiger charge is 2.30. The molecule has 2 aromatic rings. The normalized spacial score (nSPS) is 21.1. The molecule has 110 valence electrons. The van der Waals surface area contributed by atoms with Gasteiger partial charge in [0.15, 0.2) is 0 Å². The van der Waals surface area contributed by atoms with E-state index in [2.05, 4.69) is 48.3 Å². The zero-order chi connectivity index (χ0) is 14.7. The van der Waals surface area contributed by atoms with Gasteiger partial charge < -0.3 is 10.0 Å². The van der Waals surface area contributed by atoms with Crippen LogP contribution in [0.15, 0.2) is 54.6 Å². The molecule has 1 aliphatic heterocycles. The minimum Gasteiger partial charge on any atom is -0.508 e. The van der Waals surface area contributed by atoms with Crippen molar-refractivity contribution < 1.29 is 5.11 Å². The predicted molar refractivity (Wildman–Crippen MR) is 86.7 cm³/mol. The van der Waals surface area contributed by atoms with Crippen LogP contribution in [0.1, 0.15) is 36.3 Å². The van der Waals surface area contributed by atoms with E-state index in [4.69, 9.17) is 0 Å². The van der Waals surface area contributed by atoms with Crippen molar-refractivity contribution in [3.05, 3.63) is 65.7 Å². The van der Waals surface area contributed by atoms with Crippen molar-refractivity contribution in [2.24, 2.45) is 0 Å². The number of hydrogen-bond donors (Lipinski definition) is 1. The van der Waals surface area contributed by atoms with Crippen LogP contribution in [0.5, 0.6) is 5.75 Å². The molecular formula is C19H23NO. The summed E-state index contributed by atoms with van der Waals surface area (Å²) in [4.78, 5) is 2.48. The molecule has 1 aliphatic rings. The molecule has 1 heterocycles. The number of likely N-dealkylation sites (N-methyl/N-ethyl adjacent to an activating group) is 1. The summed E-state index contributed by atoms with van der Waals surface area (Å²) >= 11 is 0. The van der Waals surface area contributed by atoms with E-state index in [-0.39, 0.29) is 0 Å². The third-order valence-electron chi connectivity index (χ3n) is 4.60. The molecule has 1 fully saturated rings. The Labute approximate surface area is 127 Å². The van der Waals surface area contributed by atoms with E-state index in [9.17, 15) is 5.11 Å². The third-order valence-corrected chi connectivity index (χ3v) is 4.60. The Kier molecular flexibility index (Phi) is 4.26. The number of aromatic hydroxyl groups is 1. The quantitative estimate of drug-likeness (QED) is 0.919. The van der Waals surface area contributed by atoms with Gasteiger partial charge in [0.1, 0.15) is 5.75 Å². The summed E-state index contributed by atoms with van der Waals surface area (Å²) in [7, 11) is 2.22. The molecule has 21 heavy (non-hydrogen) atoms. The highest BCUT2D eigenvalue weighted by Crippen LogP contribution is 2.36. The lowest BCUT2D eigenvalue weighted by Crippen LogP contribution is -2.40. The van der Waals surface area contributed by atoms with Gasteiger partial charge in [-0.15, -0.1) is 0 Å². The molecule has 0 unspecified atom stereocenters. The highest BCUT2D eigenvalue weighted by atomic mass is 16.3. The van der Waals surface area contributed by atoms with Crippen LogP contribution in [0.2, 0.25) is 0 Å². The SMILES string of the molecule is CN1CCCC[C@@H]1[C@@H](c1ccccc1)c1cccc(O)c1. The molecule has 2 aromatic carbocycles. The average Bonchev–Trinajstić information content (AvgIpc) is 2.51. The van der Waals surface area contributed by atoms with Crippen molar-refractivity contribution in [3.63, 3.8) is 0 Å². The van der Waals surface area contributed by atoms with Crippen LogP contribution in [0, 0.1) is 0 Å². The zero-order valence-electron chi connectivity index (χ0n) is 12.6. The molecule has 1 saturated heterocycles. The number of rotatable bonds is 3. The number of phenols is 1. The lowest BCUT2D eigenvalue weighted by Gasteiger charge is -2.38. The number of phenolic OH excluding ortho intramolecular Hbond substituents is 1. The smallest absolute Gasteiger partial charge is 0.115 e. The number of nitrogens with zero attached hydrogens (tertiary/aromatic N) is 1. The Hall–Kier alpha value is -1.80. The van der Waals surface area contributed by atoms with Gasteiger partial charge in [-0.25, -0.2) is 0 Å². The minimum atomic E-state index is 0.323. The van der Waals surface area contributed by atoms with Crippen molar-refractivity contribution >= 4 is 0 Å². The lowest BCUT2D eigenvalue weighted by atomic mass is 9.80. The fourth-order valence-corrected chi connectivity index (χ4v) is 3.54. The van der Waals surface area contributed by atoms with Crippen LogP contribution in [0.3, 0.4) is 0 Å². The summed E-state index contributed by atoms with van der Waals surface area (Å²) in [6.07, 6.45) is 3.79. The molecule has 2 heteroatoms. The van der Waals surface area contributed by atoms with Crippen molar-refractivity contribution in [1.82, 2.24) is 4.90 Å². The Morgan fingerprint density at radius 2 is 1.76 bits per heavy atom. The van der Waals surface area contributed by atoms with Gasteiger partial charge in [-0.05, 0) is 49.7 Å². The van der Waals surface area contributed by atoms with Crippen LogP contribution in [-0.4, -0.2) is 29.6 Å². The van der Waals surface area contributed by atoms with Crippen LogP contribution in [-0.2, 0) is 0 Å². The number of hydrogen-bond acceptors (Lipinski definition) is 2. The second-order valence-corrected chi connectivity index (χ2v) is 6.03. The molecule has 0 radical (unpaired) electrons. The first-order valence-electron chi connectivity index (χ1n) is 7.80. The Morgan fingerprint density at radius 3 is 2.48 bits per heavy atom. The van der Waals surface area contributed by atoms with Gasteiger partial charge in [-0.2, -0.15) is 0 Å². The first-order chi connectivity index (χ1) is 10.3. The van der Waals surface area contributed by atoms with Crippen LogP contribution < -0.4 is 0 Å².